The number of carbonyl (C=O) groups is 1. The fraction of sp³-hybridized carbons (Fsp3) is 0.316. The van der Waals surface area contributed by atoms with Gasteiger partial charge in [0.25, 0.3) is 0 Å². The van der Waals surface area contributed by atoms with Gasteiger partial charge in [-0.3, -0.25) is 4.79 Å². The van der Waals surface area contributed by atoms with Crippen molar-refractivity contribution >= 4 is 5.91 Å². The Hall–Kier alpha value is -2.09. The first-order valence-electron chi connectivity index (χ1n) is 7.63. The maximum atomic E-state index is 11.8. The van der Waals surface area contributed by atoms with Gasteiger partial charge in [-0.2, -0.15) is 0 Å². The highest BCUT2D eigenvalue weighted by Gasteiger charge is 2.61. The maximum absolute atomic E-state index is 11.8. The van der Waals surface area contributed by atoms with Crippen LogP contribution in [0, 0.1) is 0 Å². The van der Waals surface area contributed by atoms with Gasteiger partial charge in [0.2, 0.25) is 5.91 Å². The monoisotopic (exact) mass is 277 g/mol. The van der Waals surface area contributed by atoms with Gasteiger partial charge in [0.05, 0.1) is 5.54 Å². The zero-order valence-electron chi connectivity index (χ0n) is 12.3. The number of benzene rings is 2. The van der Waals surface area contributed by atoms with Crippen molar-refractivity contribution in [2.24, 2.45) is 0 Å². The normalized spacial score (nSPS) is 27.4. The van der Waals surface area contributed by atoms with Crippen molar-refractivity contribution in [3.63, 3.8) is 0 Å². The van der Waals surface area contributed by atoms with Crippen LogP contribution in [0.4, 0.5) is 0 Å². The van der Waals surface area contributed by atoms with Gasteiger partial charge in [0.1, 0.15) is 0 Å². The Kier molecular flexibility index (Phi) is 2.68. The second-order valence-corrected chi connectivity index (χ2v) is 6.30. The molecule has 106 valence electrons. The van der Waals surface area contributed by atoms with Crippen molar-refractivity contribution in [2.45, 2.75) is 30.7 Å². The van der Waals surface area contributed by atoms with E-state index in [9.17, 15) is 4.79 Å². The number of rotatable bonds is 2. The number of likely N-dealkylation sites (tertiary alicyclic amines) is 1. The number of hydrogen-bond donors (Lipinski definition) is 0. The summed E-state index contributed by atoms with van der Waals surface area (Å²) < 4.78 is 0. The molecule has 2 heteroatoms. The minimum absolute atomic E-state index is 0.130. The van der Waals surface area contributed by atoms with E-state index in [1.807, 2.05) is 18.0 Å². The van der Waals surface area contributed by atoms with Crippen molar-refractivity contribution in [2.75, 3.05) is 7.05 Å². The van der Waals surface area contributed by atoms with E-state index in [1.165, 1.54) is 16.7 Å². The minimum Gasteiger partial charge on any atom is -0.339 e. The second-order valence-electron chi connectivity index (χ2n) is 6.30. The molecule has 1 spiro atoms. The summed E-state index contributed by atoms with van der Waals surface area (Å²) in [5, 5.41) is 0. The lowest BCUT2D eigenvalue weighted by molar-refractivity contribution is -0.128. The quantitative estimate of drug-likeness (QED) is 0.817. The van der Waals surface area contributed by atoms with Crippen LogP contribution in [0.5, 0.6) is 0 Å². The van der Waals surface area contributed by atoms with Gasteiger partial charge in [-0.25, -0.2) is 0 Å². The highest BCUT2D eigenvalue weighted by molar-refractivity contribution is 5.81. The molecule has 0 radical (unpaired) electrons. The van der Waals surface area contributed by atoms with Crippen LogP contribution in [0.2, 0.25) is 0 Å². The lowest BCUT2D eigenvalue weighted by atomic mass is 10.00. The molecule has 1 aliphatic carbocycles. The lowest BCUT2D eigenvalue weighted by Crippen LogP contribution is -2.31. The Morgan fingerprint density at radius 3 is 2.29 bits per heavy atom. The Morgan fingerprint density at radius 1 is 1.00 bits per heavy atom. The molecule has 0 bridgehead atoms. The highest BCUT2D eigenvalue weighted by atomic mass is 16.2. The molecule has 2 aliphatic rings. The Labute approximate surface area is 125 Å². The summed E-state index contributed by atoms with van der Waals surface area (Å²) in [7, 11) is 1.97. The highest BCUT2D eigenvalue weighted by Crippen LogP contribution is 2.60. The first-order chi connectivity index (χ1) is 10.2. The third-order valence-corrected chi connectivity index (χ3v) is 5.28. The molecule has 1 amide bonds. The number of nitrogens with zero attached hydrogens (tertiary/aromatic N) is 1. The lowest BCUT2D eigenvalue weighted by Gasteiger charge is -2.20. The smallest absolute Gasteiger partial charge is 0.222 e. The molecule has 0 aromatic heterocycles. The molecule has 2 unspecified atom stereocenters. The van der Waals surface area contributed by atoms with E-state index in [2.05, 4.69) is 48.5 Å². The number of amides is 1. The topological polar surface area (TPSA) is 20.3 Å². The fourth-order valence-electron chi connectivity index (χ4n) is 3.82. The molecule has 4 rings (SSSR count). The molecule has 2 fully saturated rings. The van der Waals surface area contributed by atoms with Crippen LogP contribution in [0.25, 0.3) is 11.1 Å². The molecule has 2 nitrogen and oxygen atoms in total. The Morgan fingerprint density at radius 2 is 1.67 bits per heavy atom. The van der Waals surface area contributed by atoms with Crippen LogP contribution in [0.1, 0.15) is 30.7 Å². The number of hydrogen-bond acceptors (Lipinski definition) is 1. The predicted molar refractivity (Wildman–Crippen MR) is 84.0 cm³/mol. The van der Waals surface area contributed by atoms with Gasteiger partial charge < -0.3 is 4.90 Å². The molecular weight excluding hydrogens is 258 g/mol. The third kappa shape index (κ3) is 1.90. The number of likely N-dealkylation sites (N-methyl/N-ethyl adjacent to an activating group) is 1. The zero-order valence-corrected chi connectivity index (χ0v) is 12.3. The Balaban J connectivity index is 1.58. The Bertz CT molecular complexity index is 676. The minimum atomic E-state index is 0.130. The summed E-state index contributed by atoms with van der Waals surface area (Å²) in [4.78, 5) is 13.8. The van der Waals surface area contributed by atoms with Crippen molar-refractivity contribution < 1.29 is 4.79 Å². The van der Waals surface area contributed by atoms with Crippen LogP contribution in [0.15, 0.2) is 54.6 Å². The SMILES string of the molecule is CN1C(=O)CCC12CC2c1ccc(-c2ccccc2)cc1. The number of carbonyl (C=O) groups excluding carboxylic acids is 1. The van der Waals surface area contributed by atoms with E-state index in [-0.39, 0.29) is 5.54 Å². The van der Waals surface area contributed by atoms with Gasteiger partial charge in [0.15, 0.2) is 0 Å². The molecular formula is C19H19NO. The average molecular weight is 277 g/mol. The van der Waals surface area contributed by atoms with Crippen LogP contribution >= 0.6 is 0 Å². The van der Waals surface area contributed by atoms with Crippen molar-refractivity contribution in [3.05, 3.63) is 60.2 Å². The predicted octanol–water partition coefficient (Wildman–Crippen LogP) is 3.83. The molecule has 0 N–H and O–H groups in total. The van der Waals surface area contributed by atoms with Crippen LogP contribution in [-0.2, 0) is 4.79 Å². The van der Waals surface area contributed by atoms with Crippen LogP contribution < -0.4 is 0 Å². The average Bonchev–Trinajstić information content (AvgIpc) is 3.22. The fourth-order valence-corrected chi connectivity index (χ4v) is 3.82. The molecule has 2 atom stereocenters. The summed E-state index contributed by atoms with van der Waals surface area (Å²) in [5.41, 5.74) is 4.01. The van der Waals surface area contributed by atoms with E-state index in [4.69, 9.17) is 0 Å². The zero-order chi connectivity index (χ0) is 14.4. The van der Waals surface area contributed by atoms with Gasteiger partial charge in [-0.15, -0.1) is 0 Å². The molecule has 2 aromatic rings. The molecule has 1 saturated carbocycles. The van der Waals surface area contributed by atoms with Gasteiger partial charge in [-0.1, -0.05) is 54.6 Å². The summed E-state index contributed by atoms with van der Waals surface area (Å²) in [6.07, 6.45) is 2.86. The van der Waals surface area contributed by atoms with E-state index in [0.717, 1.165) is 19.3 Å². The first-order valence-corrected chi connectivity index (χ1v) is 7.63. The second kappa shape index (κ2) is 4.45. The largest absolute Gasteiger partial charge is 0.339 e. The van der Waals surface area contributed by atoms with Crippen molar-refractivity contribution in [1.29, 1.82) is 0 Å². The summed E-state index contributed by atoms with van der Waals surface area (Å²) in [5.74, 6) is 0.831. The molecule has 1 heterocycles. The van der Waals surface area contributed by atoms with E-state index in [1.54, 1.807) is 0 Å². The van der Waals surface area contributed by atoms with Gasteiger partial charge >= 0.3 is 0 Å². The van der Waals surface area contributed by atoms with Gasteiger partial charge in [-0.05, 0) is 29.5 Å². The van der Waals surface area contributed by atoms with E-state index >= 15 is 0 Å². The van der Waals surface area contributed by atoms with E-state index in [0.29, 0.717) is 11.8 Å². The molecule has 1 saturated heterocycles. The van der Waals surface area contributed by atoms with Crippen molar-refractivity contribution in [1.82, 2.24) is 4.90 Å². The van der Waals surface area contributed by atoms with E-state index < -0.39 is 0 Å². The standard InChI is InChI=1S/C19H19NO/c1-20-18(21)11-12-19(20)13-17(19)16-9-7-15(8-10-16)14-5-3-2-4-6-14/h2-10,17H,11-13H2,1H3. The summed E-state index contributed by atoms with van der Waals surface area (Å²) in [6, 6.07) is 19.3. The first kappa shape index (κ1) is 12.6. The van der Waals surface area contributed by atoms with Crippen molar-refractivity contribution in [3.8, 4) is 11.1 Å². The molecule has 2 aromatic carbocycles. The third-order valence-electron chi connectivity index (χ3n) is 5.28. The molecule has 1 aliphatic heterocycles. The van der Waals surface area contributed by atoms with Crippen LogP contribution in [-0.4, -0.2) is 23.4 Å². The van der Waals surface area contributed by atoms with Gasteiger partial charge in [0, 0.05) is 19.4 Å². The maximum Gasteiger partial charge on any atom is 0.222 e. The van der Waals surface area contributed by atoms with Crippen LogP contribution in [0.3, 0.4) is 0 Å². The molecule has 21 heavy (non-hydrogen) atoms. The summed E-state index contributed by atoms with van der Waals surface area (Å²) in [6.45, 7) is 0. The summed E-state index contributed by atoms with van der Waals surface area (Å²) >= 11 is 0.